The maximum Gasteiger partial charge on any atom is 0.227 e. The largest absolute Gasteiger partial charge is 0.504 e. The topological polar surface area (TPSA) is 67.9 Å². The van der Waals surface area contributed by atoms with Gasteiger partial charge >= 0.3 is 0 Å². The summed E-state index contributed by atoms with van der Waals surface area (Å²) in [4.78, 5) is 8.92. The standard InChI is InChI=1S/C21H15BrN2O3/c1-26-19-11-10-16(22)15(20(19)25)12-23-14-8-6-13(7-9-14)21-24-17-4-2-3-5-18(17)27-21/h2-12,25H,1H3. The molecule has 6 heteroatoms. The molecular weight excluding hydrogens is 408 g/mol. The van der Waals surface area contributed by atoms with Gasteiger partial charge in [-0.25, -0.2) is 4.98 Å². The number of aliphatic imine (C=N–C) groups is 1. The number of benzene rings is 3. The number of ether oxygens (including phenoxy) is 1. The number of para-hydroxylation sites is 2. The van der Waals surface area contributed by atoms with Gasteiger partial charge in [-0.15, -0.1) is 0 Å². The zero-order valence-electron chi connectivity index (χ0n) is 14.4. The molecule has 0 aliphatic heterocycles. The molecule has 27 heavy (non-hydrogen) atoms. The van der Waals surface area contributed by atoms with E-state index in [1.807, 2.05) is 48.5 Å². The van der Waals surface area contributed by atoms with Gasteiger partial charge in [-0.3, -0.25) is 4.99 Å². The maximum absolute atomic E-state index is 10.2. The van der Waals surface area contributed by atoms with Gasteiger partial charge in [0.2, 0.25) is 5.89 Å². The number of nitrogens with zero attached hydrogens (tertiary/aromatic N) is 2. The Labute approximate surface area is 164 Å². The van der Waals surface area contributed by atoms with E-state index in [1.165, 1.54) is 7.11 Å². The van der Waals surface area contributed by atoms with Crippen LogP contribution >= 0.6 is 15.9 Å². The molecule has 0 aliphatic carbocycles. The summed E-state index contributed by atoms with van der Waals surface area (Å²) in [5.41, 5.74) is 3.75. The summed E-state index contributed by atoms with van der Waals surface area (Å²) in [5.74, 6) is 1.00. The first-order valence-corrected chi connectivity index (χ1v) is 9.00. The molecule has 0 bridgehead atoms. The van der Waals surface area contributed by atoms with E-state index in [0.29, 0.717) is 17.2 Å². The highest BCUT2D eigenvalue weighted by molar-refractivity contribution is 9.10. The van der Waals surface area contributed by atoms with Gasteiger partial charge in [-0.2, -0.15) is 0 Å². The van der Waals surface area contributed by atoms with Gasteiger partial charge < -0.3 is 14.3 Å². The first kappa shape index (κ1) is 17.3. The number of phenolic OH excluding ortho intramolecular Hbond substituents is 1. The van der Waals surface area contributed by atoms with Crippen molar-refractivity contribution in [3.8, 4) is 23.0 Å². The monoisotopic (exact) mass is 422 g/mol. The van der Waals surface area contributed by atoms with Gasteiger partial charge in [-0.05, 0) is 64.5 Å². The van der Waals surface area contributed by atoms with Crippen molar-refractivity contribution >= 4 is 38.9 Å². The minimum absolute atomic E-state index is 0.0405. The van der Waals surface area contributed by atoms with E-state index >= 15 is 0 Å². The molecule has 0 aliphatic rings. The van der Waals surface area contributed by atoms with Crippen molar-refractivity contribution in [2.24, 2.45) is 4.99 Å². The molecule has 0 saturated carbocycles. The quantitative estimate of drug-likeness (QED) is 0.426. The van der Waals surface area contributed by atoms with Crippen molar-refractivity contribution in [2.75, 3.05) is 7.11 Å². The molecule has 4 rings (SSSR count). The molecule has 134 valence electrons. The summed E-state index contributed by atoms with van der Waals surface area (Å²) in [6.07, 6.45) is 1.59. The smallest absolute Gasteiger partial charge is 0.227 e. The molecule has 3 aromatic carbocycles. The van der Waals surface area contributed by atoms with Crippen LogP contribution in [-0.2, 0) is 0 Å². The molecule has 5 nitrogen and oxygen atoms in total. The van der Waals surface area contributed by atoms with E-state index < -0.39 is 0 Å². The van der Waals surface area contributed by atoms with E-state index in [2.05, 4.69) is 25.9 Å². The van der Waals surface area contributed by atoms with Crippen LogP contribution in [0.25, 0.3) is 22.6 Å². The highest BCUT2D eigenvalue weighted by atomic mass is 79.9. The molecule has 0 radical (unpaired) electrons. The van der Waals surface area contributed by atoms with Gasteiger partial charge in [-0.1, -0.05) is 12.1 Å². The Morgan fingerprint density at radius 2 is 1.85 bits per heavy atom. The van der Waals surface area contributed by atoms with E-state index in [4.69, 9.17) is 9.15 Å². The molecule has 0 spiro atoms. The number of hydrogen-bond donors (Lipinski definition) is 1. The minimum Gasteiger partial charge on any atom is -0.504 e. The number of methoxy groups -OCH3 is 1. The number of halogens is 1. The summed E-state index contributed by atoms with van der Waals surface area (Å²) in [5, 5.41) is 10.2. The molecule has 0 unspecified atom stereocenters. The van der Waals surface area contributed by atoms with Gasteiger partial charge in [0.05, 0.1) is 18.4 Å². The number of fused-ring (bicyclic) bond motifs is 1. The average molecular weight is 423 g/mol. The first-order chi connectivity index (χ1) is 13.2. The number of rotatable bonds is 4. The minimum atomic E-state index is 0.0405. The van der Waals surface area contributed by atoms with E-state index in [0.717, 1.165) is 26.8 Å². The second-order valence-corrected chi connectivity index (χ2v) is 6.66. The molecule has 1 aromatic heterocycles. The Hall–Kier alpha value is -3.12. The van der Waals surface area contributed by atoms with Crippen LogP contribution in [0.3, 0.4) is 0 Å². The van der Waals surface area contributed by atoms with Gasteiger partial charge in [0.25, 0.3) is 0 Å². The van der Waals surface area contributed by atoms with E-state index in [9.17, 15) is 5.11 Å². The summed E-state index contributed by atoms with van der Waals surface area (Å²) in [7, 11) is 1.51. The average Bonchev–Trinajstić information content (AvgIpc) is 3.13. The Kier molecular flexibility index (Phi) is 4.64. The van der Waals surface area contributed by atoms with Crippen molar-refractivity contribution in [2.45, 2.75) is 0 Å². The summed E-state index contributed by atoms with van der Waals surface area (Å²) >= 11 is 3.42. The predicted molar refractivity (Wildman–Crippen MR) is 109 cm³/mol. The Morgan fingerprint density at radius 3 is 2.59 bits per heavy atom. The highest BCUT2D eigenvalue weighted by Crippen LogP contribution is 2.34. The molecule has 1 N–H and O–H groups in total. The molecule has 4 aromatic rings. The van der Waals surface area contributed by atoms with Crippen molar-refractivity contribution in [1.29, 1.82) is 0 Å². The number of aromatic hydroxyl groups is 1. The number of aromatic nitrogens is 1. The summed E-state index contributed by atoms with van der Waals surface area (Å²) in [6, 6.07) is 18.7. The molecule has 0 fully saturated rings. The SMILES string of the molecule is COc1ccc(Br)c(C=Nc2ccc(-c3nc4ccccc4o3)cc2)c1O. The maximum atomic E-state index is 10.2. The van der Waals surface area contributed by atoms with Crippen LogP contribution < -0.4 is 4.74 Å². The lowest BCUT2D eigenvalue weighted by Gasteiger charge is -2.07. The normalized spacial score (nSPS) is 11.3. The van der Waals surface area contributed by atoms with Crippen LogP contribution in [0, 0.1) is 0 Å². The first-order valence-electron chi connectivity index (χ1n) is 8.21. The number of phenols is 1. The van der Waals surface area contributed by atoms with Crippen LogP contribution in [0.15, 0.2) is 74.5 Å². The predicted octanol–water partition coefficient (Wildman–Crippen LogP) is 5.72. The Balaban J connectivity index is 1.60. The van der Waals surface area contributed by atoms with Gasteiger partial charge in [0, 0.05) is 16.3 Å². The van der Waals surface area contributed by atoms with Crippen LogP contribution in [0.5, 0.6) is 11.5 Å². The zero-order valence-corrected chi connectivity index (χ0v) is 16.0. The zero-order chi connectivity index (χ0) is 18.8. The van der Waals surface area contributed by atoms with Crippen LogP contribution in [0.4, 0.5) is 5.69 Å². The number of oxazole rings is 1. The van der Waals surface area contributed by atoms with E-state index in [1.54, 1.807) is 18.3 Å². The molecular formula is C21H15BrN2O3. The van der Waals surface area contributed by atoms with Crippen molar-refractivity contribution in [3.63, 3.8) is 0 Å². The Morgan fingerprint density at radius 1 is 1.07 bits per heavy atom. The van der Waals surface area contributed by atoms with Gasteiger partial charge in [0.15, 0.2) is 17.1 Å². The van der Waals surface area contributed by atoms with Crippen molar-refractivity contribution in [1.82, 2.24) is 4.98 Å². The molecule has 0 atom stereocenters. The summed E-state index contributed by atoms with van der Waals surface area (Å²) < 4.78 is 11.6. The second-order valence-electron chi connectivity index (χ2n) is 5.80. The third kappa shape index (κ3) is 3.44. The molecule has 0 saturated heterocycles. The van der Waals surface area contributed by atoms with E-state index in [-0.39, 0.29) is 5.75 Å². The lowest BCUT2D eigenvalue weighted by atomic mass is 10.2. The third-order valence-electron chi connectivity index (χ3n) is 4.10. The second kappa shape index (κ2) is 7.25. The van der Waals surface area contributed by atoms with Crippen LogP contribution in [-0.4, -0.2) is 23.4 Å². The molecule has 0 amide bonds. The van der Waals surface area contributed by atoms with Crippen molar-refractivity contribution < 1.29 is 14.3 Å². The highest BCUT2D eigenvalue weighted by Gasteiger charge is 2.10. The lowest BCUT2D eigenvalue weighted by molar-refractivity contribution is 0.373. The Bertz CT molecular complexity index is 1100. The molecule has 1 heterocycles. The van der Waals surface area contributed by atoms with Gasteiger partial charge in [0.1, 0.15) is 5.52 Å². The van der Waals surface area contributed by atoms with Crippen molar-refractivity contribution in [3.05, 3.63) is 70.7 Å². The van der Waals surface area contributed by atoms with Crippen LogP contribution in [0.1, 0.15) is 5.56 Å². The lowest BCUT2D eigenvalue weighted by Crippen LogP contribution is -1.90. The number of hydrogen-bond acceptors (Lipinski definition) is 5. The fourth-order valence-electron chi connectivity index (χ4n) is 2.68. The fourth-order valence-corrected chi connectivity index (χ4v) is 3.10. The fraction of sp³-hybridized carbons (Fsp3) is 0.0476. The third-order valence-corrected chi connectivity index (χ3v) is 4.79. The van der Waals surface area contributed by atoms with Crippen LogP contribution in [0.2, 0.25) is 0 Å². The summed E-state index contributed by atoms with van der Waals surface area (Å²) in [6.45, 7) is 0.